The Kier molecular flexibility index (Phi) is 3.87. The van der Waals surface area contributed by atoms with Gasteiger partial charge in [0, 0.05) is 5.56 Å². The number of nitriles is 1. The lowest BCUT2D eigenvalue weighted by Crippen LogP contribution is -2.38. The average molecular weight is 270 g/mol. The molecule has 102 valence electrons. The molecule has 1 atom stereocenters. The van der Waals surface area contributed by atoms with Crippen molar-refractivity contribution in [2.75, 3.05) is 6.54 Å². The maximum Gasteiger partial charge on any atom is 0.251 e. The SMILES string of the molecule is C[C@@](O)(CNC(=O)c1ccc(C#N)cc1)c1ccco1. The number of hydrogen-bond donors (Lipinski definition) is 2. The van der Waals surface area contributed by atoms with Gasteiger partial charge in [-0.05, 0) is 43.3 Å². The molecule has 0 saturated heterocycles. The van der Waals surface area contributed by atoms with E-state index in [1.807, 2.05) is 6.07 Å². The van der Waals surface area contributed by atoms with Crippen molar-refractivity contribution in [3.8, 4) is 6.07 Å². The minimum absolute atomic E-state index is 0.0271. The van der Waals surface area contributed by atoms with Crippen LogP contribution in [0.5, 0.6) is 0 Å². The highest BCUT2D eigenvalue weighted by Gasteiger charge is 2.26. The second-order valence-corrected chi connectivity index (χ2v) is 4.62. The van der Waals surface area contributed by atoms with Gasteiger partial charge in [0.2, 0.25) is 0 Å². The first-order chi connectivity index (χ1) is 9.53. The summed E-state index contributed by atoms with van der Waals surface area (Å²) in [6, 6.07) is 11.6. The summed E-state index contributed by atoms with van der Waals surface area (Å²) < 4.78 is 5.13. The van der Waals surface area contributed by atoms with Gasteiger partial charge in [0.1, 0.15) is 11.4 Å². The first-order valence-electron chi connectivity index (χ1n) is 6.07. The van der Waals surface area contributed by atoms with Gasteiger partial charge >= 0.3 is 0 Å². The molecule has 1 amide bonds. The number of carbonyl (C=O) groups excluding carboxylic acids is 1. The van der Waals surface area contributed by atoms with E-state index < -0.39 is 5.60 Å². The van der Waals surface area contributed by atoms with Crippen LogP contribution in [0.15, 0.2) is 47.1 Å². The van der Waals surface area contributed by atoms with Gasteiger partial charge in [-0.1, -0.05) is 0 Å². The lowest BCUT2D eigenvalue weighted by atomic mass is 10.0. The maximum atomic E-state index is 11.9. The fourth-order valence-corrected chi connectivity index (χ4v) is 1.72. The Morgan fingerprint density at radius 2 is 2.10 bits per heavy atom. The van der Waals surface area contributed by atoms with Crippen LogP contribution < -0.4 is 5.32 Å². The summed E-state index contributed by atoms with van der Waals surface area (Å²) in [6.07, 6.45) is 1.46. The summed E-state index contributed by atoms with van der Waals surface area (Å²) in [6.45, 7) is 1.59. The Balaban J connectivity index is 2.00. The molecular weight excluding hydrogens is 256 g/mol. The summed E-state index contributed by atoms with van der Waals surface area (Å²) in [5, 5.41) is 21.5. The Morgan fingerprint density at radius 3 is 2.65 bits per heavy atom. The highest BCUT2D eigenvalue weighted by atomic mass is 16.4. The quantitative estimate of drug-likeness (QED) is 0.886. The molecule has 1 heterocycles. The van der Waals surface area contributed by atoms with Crippen molar-refractivity contribution < 1.29 is 14.3 Å². The number of benzene rings is 1. The summed E-state index contributed by atoms with van der Waals surface area (Å²) in [4.78, 5) is 11.9. The van der Waals surface area contributed by atoms with E-state index in [-0.39, 0.29) is 12.5 Å². The zero-order chi connectivity index (χ0) is 14.6. The van der Waals surface area contributed by atoms with Crippen LogP contribution in [0.1, 0.15) is 28.6 Å². The molecule has 0 aliphatic carbocycles. The molecule has 1 aromatic heterocycles. The Morgan fingerprint density at radius 1 is 1.40 bits per heavy atom. The van der Waals surface area contributed by atoms with Gasteiger partial charge in [-0.2, -0.15) is 5.26 Å². The second-order valence-electron chi connectivity index (χ2n) is 4.62. The van der Waals surface area contributed by atoms with Crippen molar-refractivity contribution in [3.63, 3.8) is 0 Å². The van der Waals surface area contributed by atoms with E-state index in [1.54, 1.807) is 43.3 Å². The predicted octanol–water partition coefficient (Wildman–Crippen LogP) is 1.79. The van der Waals surface area contributed by atoms with Crippen molar-refractivity contribution in [1.29, 1.82) is 5.26 Å². The number of amides is 1. The molecule has 0 spiro atoms. The first-order valence-corrected chi connectivity index (χ1v) is 6.07. The fourth-order valence-electron chi connectivity index (χ4n) is 1.72. The molecule has 1 aromatic carbocycles. The summed E-state index contributed by atoms with van der Waals surface area (Å²) >= 11 is 0. The van der Waals surface area contributed by atoms with Gasteiger partial charge in [0.25, 0.3) is 5.91 Å². The van der Waals surface area contributed by atoms with Crippen molar-refractivity contribution >= 4 is 5.91 Å². The molecule has 0 aliphatic rings. The molecule has 0 bridgehead atoms. The third-order valence-electron chi connectivity index (χ3n) is 2.92. The molecule has 5 heteroatoms. The molecule has 5 nitrogen and oxygen atoms in total. The topological polar surface area (TPSA) is 86.3 Å². The van der Waals surface area contributed by atoms with Crippen LogP contribution in [0.25, 0.3) is 0 Å². The van der Waals surface area contributed by atoms with Crippen LogP contribution in [0.2, 0.25) is 0 Å². The smallest absolute Gasteiger partial charge is 0.251 e. The Labute approximate surface area is 116 Å². The summed E-state index contributed by atoms with van der Waals surface area (Å²) in [7, 11) is 0. The summed E-state index contributed by atoms with van der Waals surface area (Å²) in [5.74, 6) is 0.0685. The average Bonchev–Trinajstić information content (AvgIpc) is 3.00. The number of hydrogen-bond acceptors (Lipinski definition) is 4. The molecule has 0 radical (unpaired) electrons. The van der Waals surface area contributed by atoms with Crippen LogP contribution in [0.3, 0.4) is 0 Å². The highest BCUT2D eigenvalue weighted by molar-refractivity contribution is 5.94. The van der Waals surface area contributed by atoms with E-state index in [4.69, 9.17) is 9.68 Å². The largest absolute Gasteiger partial charge is 0.466 e. The monoisotopic (exact) mass is 270 g/mol. The zero-order valence-electron chi connectivity index (χ0n) is 11.0. The Hall–Kier alpha value is -2.58. The second kappa shape index (κ2) is 5.59. The molecule has 20 heavy (non-hydrogen) atoms. The van der Waals surface area contributed by atoms with E-state index in [0.29, 0.717) is 16.9 Å². The number of carbonyl (C=O) groups is 1. The van der Waals surface area contributed by atoms with E-state index >= 15 is 0 Å². The molecule has 2 aromatic rings. The molecule has 0 saturated carbocycles. The normalized spacial score (nSPS) is 13.2. The van der Waals surface area contributed by atoms with Crippen molar-refractivity contribution in [3.05, 3.63) is 59.5 Å². The molecular formula is C15H14N2O3. The number of rotatable bonds is 4. The van der Waals surface area contributed by atoms with Gasteiger partial charge in [0.05, 0.1) is 24.4 Å². The van der Waals surface area contributed by atoms with E-state index in [0.717, 1.165) is 0 Å². The minimum atomic E-state index is -1.27. The van der Waals surface area contributed by atoms with Crippen molar-refractivity contribution in [1.82, 2.24) is 5.32 Å². The van der Waals surface area contributed by atoms with Crippen LogP contribution in [-0.4, -0.2) is 17.6 Å². The number of nitrogens with one attached hydrogen (secondary N) is 1. The van der Waals surface area contributed by atoms with Gasteiger partial charge < -0.3 is 14.8 Å². The molecule has 0 aliphatic heterocycles. The number of aliphatic hydroxyl groups is 1. The van der Waals surface area contributed by atoms with Gasteiger partial charge in [-0.3, -0.25) is 4.79 Å². The van der Waals surface area contributed by atoms with E-state index in [2.05, 4.69) is 5.32 Å². The highest BCUT2D eigenvalue weighted by Crippen LogP contribution is 2.19. The fraction of sp³-hybridized carbons (Fsp3) is 0.200. The van der Waals surface area contributed by atoms with Gasteiger partial charge in [-0.15, -0.1) is 0 Å². The van der Waals surface area contributed by atoms with Gasteiger partial charge in [0.15, 0.2) is 0 Å². The summed E-state index contributed by atoms with van der Waals surface area (Å²) in [5.41, 5.74) is -0.352. The van der Waals surface area contributed by atoms with Crippen LogP contribution >= 0.6 is 0 Å². The van der Waals surface area contributed by atoms with Crippen LogP contribution in [0, 0.1) is 11.3 Å². The van der Waals surface area contributed by atoms with Crippen molar-refractivity contribution in [2.24, 2.45) is 0 Å². The number of nitrogens with zero attached hydrogens (tertiary/aromatic N) is 1. The number of furan rings is 1. The minimum Gasteiger partial charge on any atom is -0.466 e. The molecule has 2 N–H and O–H groups in total. The lowest BCUT2D eigenvalue weighted by molar-refractivity contribution is 0.0330. The zero-order valence-corrected chi connectivity index (χ0v) is 11.0. The maximum absolute atomic E-state index is 11.9. The van der Waals surface area contributed by atoms with E-state index in [9.17, 15) is 9.90 Å². The van der Waals surface area contributed by atoms with Gasteiger partial charge in [-0.25, -0.2) is 0 Å². The predicted molar refractivity (Wildman–Crippen MR) is 71.8 cm³/mol. The molecule has 0 unspecified atom stereocenters. The lowest BCUT2D eigenvalue weighted by Gasteiger charge is -2.21. The third kappa shape index (κ3) is 3.05. The third-order valence-corrected chi connectivity index (χ3v) is 2.92. The van der Waals surface area contributed by atoms with Crippen LogP contribution in [0.4, 0.5) is 0 Å². The first kappa shape index (κ1) is 13.8. The van der Waals surface area contributed by atoms with Crippen LogP contribution in [-0.2, 0) is 5.60 Å². The molecule has 0 fully saturated rings. The Bertz CT molecular complexity index is 622. The molecule has 2 rings (SSSR count). The van der Waals surface area contributed by atoms with Crippen molar-refractivity contribution in [2.45, 2.75) is 12.5 Å². The standard InChI is InChI=1S/C15H14N2O3/c1-15(19,13-3-2-8-20-13)10-17-14(18)12-6-4-11(9-16)5-7-12/h2-8,19H,10H2,1H3,(H,17,18)/t15-/m1/s1. The van der Waals surface area contributed by atoms with E-state index in [1.165, 1.54) is 6.26 Å².